The number of hydrogen-bond donors (Lipinski definition) is 1. The summed E-state index contributed by atoms with van der Waals surface area (Å²) in [6, 6.07) is 20.7. The number of carbonyl (C=O) groups excluding carboxylic acids is 2. The topological polar surface area (TPSA) is 49.4 Å². The predicted molar refractivity (Wildman–Crippen MR) is 126 cm³/mol. The molecule has 3 aromatic rings. The van der Waals surface area contributed by atoms with E-state index in [1.807, 2.05) is 55.5 Å². The van der Waals surface area contributed by atoms with E-state index >= 15 is 0 Å². The van der Waals surface area contributed by atoms with Gasteiger partial charge in [0.2, 0.25) is 0 Å². The van der Waals surface area contributed by atoms with Crippen LogP contribution < -0.4 is 10.2 Å². The van der Waals surface area contributed by atoms with Crippen LogP contribution in [0.25, 0.3) is 5.57 Å². The SMILES string of the molecule is CCc1ccc(NC2=C(c3ccc(C)cc3)C(=O)N(c3cccc(Cl)c3C)C2=O)cc1. The summed E-state index contributed by atoms with van der Waals surface area (Å²) < 4.78 is 0. The summed E-state index contributed by atoms with van der Waals surface area (Å²) in [6.45, 7) is 5.87. The number of halogens is 1. The van der Waals surface area contributed by atoms with Gasteiger partial charge in [-0.05, 0) is 61.2 Å². The summed E-state index contributed by atoms with van der Waals surface area (Å²) in [5, 5.41) is 3.71. The van der Waals surface area contributed by atoms with Gasteiger partial charge in [0.1, 0.15) is 5.70 Å². The van der Waals surface area contributed by atoms with Gasteiger partial charge in [0.15, 0.2) is 0 Å². The highest BCUT2D eigenvalue weighted by Gasteiger charge is 2.41. The second-order valence-corrected chi connectivity index (χ2v) is 8.03. The minimum atomic E-state index is -0.398. The summed E-state index contributed by atoms with van der Waals surface area (Å²) in [4.78, 5) is 28.2. The fourth-order valence-corrected chi connectivity index (χ4v) is 3.83. The Morgan fingerprint density at radius 3 is 2.19 bits per heavy atom. The molecule has 1 heterocycles. The van der Waals surface area contributed by atoms with Crippen LogP contribution in [-0.4, -0.2) is 11.8 Å². The van der Waals surface area contributed by atoms with Crippen molar-refractivity contribution in [3.8, 4) is 0 Å². The minimum Gasteiger partial charge on any atom is -0.350 e. The van der Waals surface area contributed by atoms with Crippen molar-refractivity contribution in [1.29, 1.82) is 0 Å². The lowest BCUT2D eigenvalue weighted by molar-refractivity contribution is -0.120. The minimum absolute atomic E-state index is 0.262. The van der Waals surface area contributed by atoms with Crippen molar-refractivity contribution in [3.05, 3.63) is 99.7 Å². The van der Waals surface area contributed by atoms with Gasteiger partial charge >= 0.3 is 0 Å². The Morgan fingerprint density at radius 1 is 0.871 bits per heavy atom. The van der Waals surface area contributed by atoms with Crippen LogP contribution in [0.3, 0.4) is 0 Å². The summed E-state index contributed by atoms with van der Waals surface area (Å²) in [6.07, 6.45) is 0.927. The van der Waals surface area contributed by atoms with Crippen LogP contribution >= 0.6 is 11.6 Å². The van der Waals surface area contributed by atoms with Gasteiger partial charge in [-0.2, -0.15) is 0 Å². The zero-order valence-corrected chi connectivity index (χ0v) is 18.5. The Morgan fingerprint density at radius 2 is 1.55 bits per heavy atom. The second kappa shape index (κ2) is 8.40. The van der Waals surface area contributed by atoms with E-state index in [2.05, 4.69) is 12.2 Å². The molecule has 5 heteroatoms. The number of aryl methyl sites for hydroxylation is 2. The molecule has 31 heavy (non-hydrogen) atoms. The summed E-state index contributed by atoms with van der Waals surface area (Å²) in [5.74, 6) is -0.766. The smallest absolute Gasteiger partial charge is 0.282 e. The van der Waals surface area contributed by atoms with Crippen LogP contribution in [0.2, 0.25) is 5.02 Å². The number of rotatable bonds is 5. The molecule has 0 fully saturated rings. The largest absolute Gasteiger partial charge is 0.350 e. The molecule has 4 rings (SSSR count). The average Bonchev–Trinajstić information content (AvgIpc) is 3.01. The Kier molecular flexibility index (Phi) is 5.66. The normalized spacial score (nSPS) is 13.9. The molecule has 0 aliphatic carbocycles. The van der Waals surface area contributed by atoms with Gasteiger partial charge in [-0.15, -0.1) is 0 Å². The molecule has 0 atom stereocenters. The highest BCUT2D eigenvalue weighted by molar-refractivity contribution is 6.46. The second-order valence-electron chi connectivity index (χ2n) is 7.62. The van der Waals surface area contributed by atoms with E-state index in [9.17, 15) is 9.59 Å². The standard InChI is InChI=1S/C26H23ClN2O2/c1-4-18-10-14-20(15-11-18)28-24-23(19-12-8-16(2)9-13-19)25(30)29(26(24)31)22-7-5-6-21(27)17(22)3/h5-15,28H,4H2,1-3H3. The third-order valence-electron chi connectivity index (χ3n) is 5.54. The van der Waals surface area contributed by atoms with Crippen LogP contribution in [0.1, 0.15) is 29.2 Å². The number of imide groups is 1. The number of hydrogen-bond acceptors (Lipinski definition) is 3. The number of carbonyl (C=O) groups is 2. The zero-order chi connectivity index (χ0) is 22.1. The molecule has 3 aromatic carbocycles. The van der Waals surface area contributed by atoms with Gasteiger partial charge in [-0.3, -0.25) is 9.59 Å². The average molecular weight is 431 g/mol. The fraction of sp³-hybridized carbons (Fsp3) is 0.154. The van der Waals surface area contributed by atoms with Crippen molar-refractivity contribution < 1.29 is 9.59 Å². The monoisotopic (exact) mass is 430 g/mol. The van der Waals surface area contributed by atoms with Crippen molar-refractivity contribution in [1.82, 2.24) is 0 Å². The van der Waals surface area contributed by atoms with Crippen molar-refractivity contribution in [2.45, 2.75) is 27.2 Å². The third kappa shape index (κ3) is 3.87. The first-order valence-corrected chi connectivity index (χ1v) is 10.6. The quantitative estimate of drug-likeness (QED) is 0.511. The molecule has 4 nitrogen and oxygen atoms in total. The van der Waals surface area contributed by atoms with Crippen LogP contribution in [0, 0.1) is 13.8 Å². The van der Waals surface area contributed by atoms with E-state index in [4.69, 9.17) is 11.6 Å². The van der Waals surface area contributed by atoms with Gasteiger partial charge in [0.25, 0.3) is 11.8 Å². The van der Waals surface area contributed by atoms with E-state index in [1.165, 1.54) is 10.5 Å². The fourth-order valence-electron chi connectivity index (χ4n) is 3.66. The number of anilines is 2. The van der Waals surface area contributed by atoms with Crippen LogP contribution in [-0.2, 0) is 16.0 Å². The lowest BCUT2D eigenvalue weighted by Gasteiger charge is -2.18. The molecule has 2 amide bonds. The van der Waals surface area contributed by atoms with Crippen molar-refractivity contribution in [2.24, 2.45) is 0 Å². The molecule has 156 valence electrons. The summed E-state index contributed by atoms with van der Waals surface area (Å²) >= 11 is 6.27. The van der Waals surface area contributed by atoms with Crippen LogP contribution in [0.4, 0.5) is 11.4 Å². The Bertz CT molecular complexity index is 1200. The molecular formula is C26H23ClN2O2. The molecule has 0 radical (unpaired) electrons. The van der Waals surface area contributed by atoms with E-state index < -0.39 is 5.91 Å². The van der Waals surface area contributed by atoms with Crippen molar-refractivity contribution in [3.63, 3.8) is 0 Å². The molecule has 0 aromatic heterocycles. The molecule has 0 unspecified atom stereocenters. The Hall–Kier alpha value is -3.37. The lowest BCUT2D eigenvalue weighted by Crippen LogP contribution is -2.33. The molecule has 0 saturated carbocycles. The number of benzene rings is 3. The number of nitrogens with zero attached hydrogens (tertiary/aromatic N) is 1. The van der Waals surface area contributed by atoms with Crippen molar-refractivity contribution >= 4 is 40.4 Å². The molecule has 1 aliphatic heterocycles. The number of nitrogens with one attached hydrogen (secondary N) is 1. The molecule has 1 aliphatic rings. The van der Waals surface area contributed by atoms with Gasteiger partial charge in [0, 0.05) is 10.7 Å². The molecule has 0 saturated heterocycles. The van der Waals surface area contributed by atoms with Gasteiger partial charge in [-0.25, -0.2) is 4.90 Å². The maximum atomic E-state index is 13.5. The number of amides is 2. The van der Waals surface area contributed by atoms with E-state index in [-0.39, 0.29) is 11.6 Å². The van der Waals surface area contributed by atoms with Crippen LogP contribution in [0.5, 0.6) is 0 Å². The van der Waals surface area contributed by atoms with Gasteiger partial charge < -0.3 is 5.32 Å². The Labute approximate surface area is 187 Å². The maximum Gasteiger partial charge on any atom is 0.282 e. The van der Waals surface area contributed by atoms with Gasteiger partial charge in [0.05, 0.1) is 11.3 Å². The summed E-state index contributed by atoms with van der Waals surface area (Å²) in [5.41, 5.74) is 5.51. The maximum absolute atomic E-state index is 13.5. The molecular weight excluding hydrogens is 408 g/mol. The van der Waals surface area contributed by atoms with E-state index in [0.29, 0.717) is 27.4 Å². The predicted octanol–water partition coefficient (Wildman–Crippen LogP) is 5.92. The lowest BCUT2D eigenvalue weighted by atomic mass is 10.0. The Balaban J connectivity index is 1.82. The van der Waals surface area contributed by atoms with Crippen LogP contribution in [0.15, 0.2) is 72.4 Å². The highest BCUT2D eigenvalue weighted by Crippen LogP contribution is 2.36. The van der Waals surface area contributed by atoms with Crippen molar-refractivity contribution in [2.75, 3.05) is 10.2 Å². The van der Waals surface area contributed by atoms with Gasteiger partial charge in [-0.1, -0.05) is 66.6 Å². The first-order valence-electron chi connectivity index (χ1n) is 10.2. The van der Waals surface area contributed by atoms with E-state index in [1.54, 1.807) is 25.1 Å². The third-order valence-corrected chi connectivity index (χ3v) is 5.95. The molecule has 0 spiro atoms. The molecule has 0 bridgehead atoms. The molecule has 1 N–H and O–H groups in total. The summed E-state index contributed by atoms with van der Waals surface area (Å²) in [7, 11) is 0. The highest BCUT2D eigenvalue weighted by atomic mass is 35.5. The zero-order valence-electron chi connectivity index (χ0n) is 17.7. The van der Waals surface area contributed by atoms with E-state index in [0.717, 1.165) is 17.7 Å². The first kappa shape index (κ1) is 20.9. The first-order chi connectivity index (χ1) is 14.9.